The number of primary amides is 1. The Morgan fingerprint density at radius 3 is 2.21 bits per heavy atom. The van der Waals surface area contributed by atoms with Crippen molar-refractivity contribution in [3.05, 3.63) is 65.2 Å². The fraction of sp³-hybridized carbons (Fsp3) is 0.407. The molecule has 3 amide bonds. The summed E-state index contributed by atoms with van der Waals surface area (Å²) in [6, 6.07) is 11.2. The molecule has 0 heterocycles. The first-order chi connectivity index (χ1) is 18.0. The van der Waals surface area contributed by atoms with Crippen LogP contribution in [0.25, 0.3) is 0 Å². The van der Waals surface area contributed by atoms with E-state index in [0.717, 1.165) is 5.56 Å². The Bertz CT molecular complexity index is 1120. The lowest BCUT2D eigenvalue weighted by molar-refractivity contribution is -0.131. The number of phenols is 1. The van der Waals surface area contributed by atoms with Gasteiger partial charge in [0.1, 0.15) is 17.8 Å². The van der Waals surface area contributed by atoms with Crippen molar-refractivity contribution >= 4 is 23.7 Å². The highest BCUT2D eigenvalue weighted by Gasteiger charge is 2.28. The summed E-state index contributed by atoms with van der Waals surface area (Å²) in [6.45, 7) is 2.29. The Morgan fingerprint density at radius 2 is 1.61 bits per heavy atom. The number of amides is 3. The van der Waals surface area contributed by atoms with Crippen molar-refractivity contribution in [2.45, 2.75) is 50.7 Å². The van der Waals surface area contributed by atoms with Gasteiger partial charge in [0.2, 0.25) is 17.7 Å². The van der Waals surface area contributed by atoms with Crippen molar-refractivity contribution in [3.8, 4) is 5.75 Å². The molecule has 9 N–H and O–H groups in total. The number of phenolic OH excluding ortho intramolecular Hbond substituents is 1. The number of benzene rings is 2. The molecule has 3 atom stereocenters. The highest BCUT2D eigenvalue weighted by atomic mass is 16.3. The molecule has 11 nitrogen and oxygen atoms in total. The minimum Gasteiger partial charge on any atom is -0.508 e. The van der Waals surface area contributed by atoms with E-state index < -0.39 is 35.8 Å². The number of hydrogen-bond donors (Lipinski definition) is 6. The SMILES string of the molecule is CN=C(N)N(C)CCC[C@H](N)C(=O)N[C@@H](Cc1ccc(O)c(C)c1)C(=O)N[C@@H](Cc1ccccc1)C(N)=O. The number of aryl methyl sites for hydroxylation is 1. The lowest BCUT2D eigenvalue weighted by atomic mass is 10.0. The van der Waals surface area contributed by atoms with Gasteiger partial charge < -0.3 is 37.8 Å². The maximum Gasteiger partial charge on any atom is 0.243 e. The Labute approximate surface area is 223 Å². The van der Waals surface area contributed by atoms with Crippen LogP contribution in [0.3, 0.4) is 0 Å². The molecule has 0 bridgehead atoms. The third kappa shape index (κ3) is 9.40. The van der Waals surface area contributed by atoms with Gasteiger partial charge in [-0.25, -0.2) is 0 Å². The molecule has 0 radical (unpaired) electrons. The molecule has 2 rings (SSSR count). The Morgan fingerprint density at radius 1 is 0.974 bits per heavy atom. The average molecular weight is 526 g/mol. The molecule has 2 aromatic carbocycles. The second-order valence-corrected chi connectivity index (χ2v) is 9.29. The van der Waals surface area contributed by atoms with E-state index in [1.54, 1.807) is 38.1 Å². The highest BCUT2D eigenvalue weighted by Crippen LogP contribution is 2.18. The van der Waals surface area contributed by atoms with Gasteiger partial charge in [0, 0.05) is 33.5 Å². The van der Waals surface area contributed by atoms with E-state index in [1.807, 2.05) is 30.3 Å². The zero-order valence-corrected chi connectivity index (χ0v) is 22.2. The molecule has 0 saturated carbocycles. The first-order valence-electron chi connectivity index (χ1n) is 12.4. The van der Waals surface area contributed by atoms with Gasteiger partial charge >= 0.3 is 0 Å². The standard InChI is InChI=1S/C27H39N7O4/c1-17-14-19(11-12-23(17)35)16-22(33-25(37)20(28)10-7-13-34(3)27(30)31-2)26(38)32-21(24(29)36)15-18-8-5-4-6-9-18/h4-6,8-9,11-12,14,20-22,35H,7,10,13,15-16,28H2,1-3H3,(H2,29,36)(H2,30,31)(H,32,38)(H,33,37)/t20-,21-,22-/m0/s1. The predicted molar refractivity (Wildman–Crippen MR) is 147 cm³/mol. The van der Waals surface area contributed by atoms with E-state index in [0.29, 0.717) is 36.5 Å². The van der Waals surface area contributed by atoms with Crippen LogP contribution in [0, 0.1) is 6.92 Å². The van der Waals surface area contributed by atoms with Crippen LogP contribution in [-0.2, 0) is 27.2 Å². The van der Waals surface area contributed by atoms with E-state index >= 15 is 0 Å². The lowest BCUT2D eigenvalue weighted by Gasteiger charge is -2.24. The molecule has 0 unspecified atom stereocenters. The number of guanidine groups is 1. The van der Waals surface area contributed by atoms with E-state index in [4.69, 9.17) is 17.2 Å². The third-order valence-corrected chi connectivity index (χ3v) is 6.24. The Balaban J connectivity index is 2.14. The number of aliphatic imine (C=N–C) groups is 1. The van der Waals surface area contributed by atoms with Gasteiger partial charge in [-0.1, -0.05) is 42.5 Å². The minimum absolute atomic E-state index is 0.120. The van der Waals surface area contributed by atoms with E-state index in [1.165, 1.54) is 6.07 Å². The predicted octanol–water partition coefficient (Wildman–Crippen LogP) is -0.0755. The van der Waals surface area contributed by atoms with E-state index in [9.17, 15) is 19.5 Å². The van der Waals surface area contributed by atoms with Gasteiger partial charge in [-0.2, -0.15) is 0 Å². The summed E-state index contributed by atoms with van der Waals surface area (Å²) in [5.74, 6) is -1.26. The summed E-state index contributed by atoms with van der Waals surface area (Å²) in [4.78, 5) is 44.0. The fourth-order valence-corrected chi connectivity index (χ4v) is 3.88. The normalized spacial score (nSPS) is 13.7. The molecular formula is C27H39N7O4. The molecule has 0 aromatic heterocycles. The van der Waals surface area contributed by atoms with E-state index in [2.05, 4.69) is 15.6 Å². The number of rotatable bonds is 13. The van der Waals surface area contributed by atoms with Crippen LogP contribution < -0.4 is 27.8 Å². The van der Waals surface area contributed by atoms with Gasteiger partial charge in [0.05, 0.1) is 6.04 Å². The van der Waals surface area contributed by atoms with Crippen LogP contribution >= 0.6 is 0 Å². The maximum atomic E-state index is 13.3. The summed E-state index contributed by atoms with van der Waals surface area (Å²) in [6.07, 6.45) is 1.26. The minimum atomic E-state index is -1.03. The van der Waals surface area contributed by atoms with Crippen molar-refractivity contribution in [1.82, 2.24) is 15.5 Å². The molecule has 11 heteroatoms. The molecule has 0 saturated heterocycles. The number of nitrogens with zero attached hydrogens (tertiary/aromatic N) is 2. The van der Waals surface area contributed by atoms with Crippen molar-refractivity contribution in [1.29, 1.82) is 0 Å². The molecule has 2 aromatic rings. The zero-order chi connectivity index (χ0) is 28.2. The summed E-state index contributed by atoms with van der Waals surface area (Å²) < 4.78 is 0. The van der Waals surface area contributed by atoms with Crippen LogP contribution in [0.1, 0.15) is 29.5 Å². The second-order valence-electron chi connectivity index (χ2n) is 9.29. The molecule has 38 heavy (non-hydrogen) atoms. The summed E-state index contributed by atoms with van der Waals surface area (Å²) in [7, 11) is 3.38. The molecule has 206 valence electrons. The quantitative estimate of drug-likeness (QED) is 0.156. The second kappa shape index (κ2) is 14.6. The van der Waals surface area contributed by atoms with Crippen LogP contribution in [0.4, 0.5) is 0 Å². The van der Waals surface area contributed by atoms with Gasteiger partial charge in [-0.05, 0) is 42.5 Å². The monoisotopic (exact) mass is 525 g/mol. The van der Waals surface area contributed by atoms with Crippen molar-refractivity contribution in [3.63, 3.8) is 0 Å². The number of aromatic hydroxyl groups is 1. The molecular weight excluding hydrogens is 486 g/mol. The molecule has 0 aliphatic heterocycles. The average Bonchev–Trinajstić information content (AvgIpc) is 2.89. The number of carbonyl (C=O) groups is 3. The molecule has 0 aliphatic rings. The van der Waals surface area contributed by atoms with Gasteiger partial charge in [-0.3, -0.25) is 19.4 Å². The van der Waals surface area contributed by atoms with Crippen molar-refractivity contribution < 1.29 is 19.5 Å². The largest absolute Gasteiger partial charge is 0.508 e. The number of carbonyl (C=O) groups excluding carboxylic acids is 3. The summed E-state index contributed by atoms with van der Waals surface area (Å²) >= 11 is 0. The highest BCUT2D eigenvalue weighted by molar-refractivity contribution is 5.93. The number of nitrogens with two attached hydrogens (primary N) is 3. The van der Waals surface area contributed by atoms with Gasteiger partial charge in [0.25, 0.3) is 0 Å². The fourth-order valence-electron chi connectivity index (χ4n) is 3.88. The Hall–Kier alpha value is -4.12. The smallest absolute Gasteiger partial charge is 0.243 e. The van der Waals surface area contributed by atoms with Crippen LogP contribution in [0.15, 0.2) is 53.5 Å². The van der Waals surface area contributed by atoms with Crippen LogP contribution in [0.2, 0.25) is 0 Å². The number of hydrogen-bond acceptors (Lipinski definition) is 6. The summed E-state index contributed by atoms with van der Waals surface area (Å²) in [5, 5.41) is 15.3. The zero-order valence-electron chi connectivity index (χ0n) is 22.2. The van der Waals surface area contributed by atoms with Crippen LogP contribution in [0.5, 0.6) is 5.75 Å². The Kier molecular flexibility index (Phi) is 11.5. The summed E-state index contributed by atoms with van der Waals surface area (Å²) in [5.41, 5.74) is 19.6. The van der Waals surface area contributed by atoms with Crippen molar-refractivity contribution in [2.24, 2.45) is 22.2 Å². The van der Waals surface area contributed by atoms with Crippen LogP contribution in [-0.4, -0.2) is 72.5 Å². The first kappa shape index (κ1) is 30.1. The molecule has 0 aliphatic carbocycles. The van der Waals surface area contributed by atoms with Gasteiger partial charge in [0.15, 0.2) is 5.96 Å². The van der Waals surface area contributed by atoms with E-state index in [-0.39, 0.29) is 18.6 Å². The topological polar surface area (TPSA) is 189 Å². The lowest BCUT2D eigenvalue weighted by Crippen LogP contribution is -2.56. The molecule has 0 spiro atoms. The maximum absolute atomic E-state index is 13.3. The first-order valence-corrected chi connectivity index (χ1v) is 12.4. The van der Waals surface area contributed by atoms with Crippen molar-refractivity contribution in [2.75, 3.05) is 20.6 Å². The van der Waals surface area contributed by atoms with Gasteiger partial charge in [-0.15, -0.1) is 0 Å². The molecule has 0 fully saturated rings. The number of nitrogens with one attached hydrogen (secondary N) is 2. The third-order valence-electron chi connectivity index (χ3n) is 6.24.